The molecule has 1 aromatic carbocycles. The van der Waals surface area contributed by atoms with Crippen LogP contribution in [0.1, 0.15) is 25.1 Å². The van der Waals surface area contributed by atoms with Gasteiger partial charge in [-0.1, -0.05) is 32.0 Å². The number of ether oxygens (including phenoxy) is 1. The number of H-pyrrole nitrogens is 1. The molecule has 0 amide bonds. The van der Waals surface area contributed by atoms with Crippen molar-refractivity contribution in [1.82, 2.24) is 10.3 Å². The molecule has 0 radical (unpaired) electrons. The van der Waals surface area contributed by atoms with Crippen LogP contribution in [-0.2, 0) is 10.2 Å². The minimum absolute atomic E-state index is 0.0716. The van der Waals surface area contributed by atoms with E-state index in [4.69, 9.17) is 4.74 Å². The topological polar surface area (TPSA) is 37.0 Å². The maximum absolute atomic E-state index is 5.05. The first kappa shape index (κ1) is 13.1. The van der Waals surface area contributed by atoms with E-state index in [0.717, 1.165) is 6.54 Å². The maximum atomic E-state index is 5.05. The van der Waals surface area contributed by atoms with Gasteiger partial charge in [-0.2, -0.15) is 0 Å². The van der Waals surface area contributed by atoms with Gasteiger partial charge in [0.15, 0.2) is 0 Å². The minimum atomic E-state index is 0.0716. The van der Waals surface area contributed by atoms with Gasteiger partial charge in [-0.05, 0) is 18.6 Å². The van der Waals surface area contributed by atoms with Gasteiger partial charge in [-0.15, -0.1) is 0 Å². The zero-order valence-corrected chi connectivity index (χ0v) is 11.6. The Hall–Kier alpha value is -1.32. The Morgan fingerprint density at radius 2 is 2.00 bits per heavy atom. The molecule has 0 aliphatic rings. The lowest BCUT2D eigenvalue weighted by molar-refractivity contribution is 0.169. The van der Waals surface area contributed by atoms with Gasteiger partial charge >= 0.3 is 0 Å². The second kappa shape index (κ2) is 5.12. The number of hydrogen-bond donors (Lipinski definition) is 2. The third-order valence-electron chi connectivity index (χ3n) is 3.38. The number of aromatic amines is 1. The first-order valence-corrected chi connectivity index (χ1v) is 6.33. The van der Waals surface area contributed by atoms with Crippen LogP contribution in [0.4, 0.5) is 0 Å². The summed E-state index contributed by atoms with van der Waals surface area (Å²) in [6.07, 6.45) is 0. The molecular formula is C15H22N2O. The lowest BCUT2D eigenvalue weighted by Crippen LogP contribution is -2.34. The van der Waals surface area contributed by atoms with E-state index >= 15 is 0 Å². The lowest BCUT2D eigenvalue weighted by atomic mass is 9.82. The van der Waals surface area contributed by atoms with E-state index in [1.165, 1.54) is 22.2 Å². The molecular weight excluding hydrogens is 224 g/mol. The van der Waals surface area contributed by atoms with Crippen LogP contribution in [0.25, 0.3) is 10.9 Å². The summed E-state index contributed by atoms with van der Waals surface area (Å²) in [5.41, 5.74) is 3.93. The van der Waals surface area contributed by atoms with Gasteiger partial charge in [0.05, 0.1) is 6.73 Å². The van der Waals surface area contributed by atoms with Crippen molar-refractivity contribution >= 4 is 10.9 Å². The first-order chi connectivity index (χ1) is 8.56. The third-order valence-corrected chi connectivity index (χ3v) is 3.38. The Kier molecular flexibility index (Phi) is 3.73. The highest BCUT2D eigenvalue weighted by Crippen LogP contribution is 2.32. The monoisotopic (exact) mass is 246 g/mol. The molecule has 0 atom stereocenters. The van der Waals surface area contributed by atoms with Gasteiger partial charge in [0, 0.05) is 35.7 Å². The fraction of sp³-hybridized carbons (Fsp3) is 0.467. The van der Waals surface area contributed by atoms with Gasteiger partial charge in [-0.3, -0.25) is 5.32 Å². The largest absolute Gasteiger partial charge is 0.370 e. The lowest BCUT2D eigenvalue weighted by Gasteiger charge is -2.26. The van der Waals surface area contributed by atoms with Crippen LogP contribution in [-0.4, -0.2) is 25.4 Å². The highest BCUT2D eigenvalue weighted by atomic mass is 16.5. The van der Waals surface area contributed by atoms with Gasteiger partial charge < -0.3 is 9.72 Å². The van der Waals surface area contributed by atoms with E-state index in [1.54, 1.807) is 7.11 Å². The second-order valence-corrected chi connectivity index (χ2v) is 5.41. The van der Waals surface area contributed by atoms with Crippen molar-refractivity contribution in [2.24, 2.45) is 0 Å². The highest BCUT2D eigenvalue weighted by molar-refractivity contribution is 5.85. The minimum Gasteiger partial charge on any atom is -0.370 e. The van der Waals surface area contributed by atoms with Gasteiger partial charge in [0.25, 0.3) is 0 Å². The zero-order valence-electron chi connectivity index (χ0n) is 11.6. The smallest absolute Gasteiger partial charge is 0.0961 e. The molecule has 2 N–H and O–H groups in total. The summed E-state index contributed by atoms with van der Waals surface area (Å²) in [4.78, 5) is 3.46. The summed E-state index contributed by atoms with van der Waals surface area (Å²) in [6.45, 7) is 8.15. The van der Waals surface area contributed by atoms with Crippen LogP contribution < -0.4 is 5.32 Å². The number of rotatable bonds is 5. The molecule has 0 spiro atoms. The molecule has 0 aliphatic carbocycles. The number of nitrogens with one attached hydrogen (secondary N) is 2. The number of para-hydroxylation sites is 1. The summed E-state index contributed by atoms with van der Waals surface area (Å²) in [6, 6.07) is 8.48. The number of aryl methyl sites for hydroxylation is 1. The molecule has 2 aromatic rings. The Balaban J connectivity index is 2.36. The average Bonchev–Trinajstić information content (AvgIpc) is 2.65. The normalized spacial score (nSPS) is 12.2. The Labute approximate surface area is 109 Å². The van der Waals surface area contributed by atoms with Crippen LogP contribution >= 0.6 is 0 Å². The standard InChI is InChI=1S/C15H22N2O/c1-11-14(15(2,3)9-16-10-18-4)12-7-5-6-8-13(12)17-11/h5-8,16-17H,9-10H2,1-4H3. The van der Waals surface area contributed by atoms with Crippen molar-refractivity contribution < 1.29 is 4.74 Å². The number of aromatic nitrogens is 1. The molecule has 2 rings (SSSR count). The third kappa shape index (κ3) is 2.42. The summed E-state index contributed by atoms with van der Waals surface area (Å²) in [5, 5.41) is 4.64. The van der Waals surface area contributed by atoms with E-state index in [9.17, 15) is 0 Å². The second-order valence-electron chi connectivity index (χ2n) is 5.41. The van der Waals surface area contributed by atoms with Crippen molar-refractivity contribution in [1.29, 1.82) is 0 Å². The molecule has 0 saturated heterocycles. The quantitative estimate of drug-likeness (QED) is 0.628. The summed E-state index contributed by atoms with van der Waals surface area (Å²) < 4.78 is 5.05. The van der Waals surface area contributed by atoms with E-state index in [0.29, 0.717) is 6.73 Å². The molecule has 18 heavy (non-hydrogen) atoms. The number of hydrogen-bond acceptors (Lipinski definition) is 2. The average molecular weight is 246 g/mol. The highest BCUT2D eigenvalue weighted by Gasteiger charge is 2.25. The molecule has 98 valence electrons. The Bertz CT molecular complexity index is 528. The van der Waals surface area contributed by atoms with E-state index < -0.39 is 0 Å². The number of methoxy groups -OCH3 is 1. The molecule has 3 nitrogen and oxygen atoms in total. The van der Waals surface area contributed by atoms with Crippen LogP contribution in [0.5, 0.6) is 0 Å². The van der Waals surface area contributed by atoms with E-state index in [-0.39, 0.29) is 5.41 Å². The van der Waals surface area contributed by atoms with Gasteiger partial charge in [-0.25, -0.2) is 0 Å². The first-order valence-electron chi connectivity index (χ1n) is 6.33. The molecule has 0 saturated carbocycles. The van der Waals surface area contributed by atoms with Crippen molar-refractivity contribution in [2.75, 3.05) is 20.4 Å². The molecule has 0 bridgehead atoms. The molecule has 0 aliphatic heterocycles. The molecule has 1 aromatic heterocycles. The van der Waals surface area contributed by atoms with Crippen molar-refractivity contribution in [3.63, 3.8) is 0 Å². The number of fused-ring (bicyclic) bond motifs is 1. The van der Waals surface area contributed by atoms with E-state index in [1.807, 2.05) is 0 Å². The van der Waals surface area contributed by atoms with E-state index in [2.05, 4.69) is 55.3 Å². The van der Waals surface area contributed by atoms with Gasteiger partial charge in [0.1, 0.15) is 0 Å². The van der Waals surface area contributed by atoms with Gasteiger partial charge in [0.2, 0.25) is 0 Å². The number of benzene rings is 1. The summed E-state index contributed by atoms with van der Waals surface area (Å²) >= 11 is 0. The van der Waals surface area contributed by atoms with Crippen LogP contribution in [0, 0.1) is 6.92 Å². The van der Waals surface area contributed by atoms with Crippen LogP contribution in [0.15, 0.2) is 24.3 Å². The maximum Gasteiger partial charge on any atom is 0.0961 e. The van der Waals surface area contributed by atoms with Crippen molar-refractivity contribution in [3.05, 3.63) is 35.5 Å². The van der Waals surface area contributed by atoms with Crippen molar-refractivity contribution in [3.8, 4) is 0 Å². The molecule has 1 heterocycles. The Morgan fingerprint density at radius 1 is 1.28 bits per heavy atom. The zero-order chi connectivity index (χ0) is 13.2. The predicted octanol–water partition coefficient (Wildman–Crippen LogP) is 2.95. The molecule has 0 fully saturated rings. The predicted molar refractivity (Wildman–Crippen MR) is 75.9 cm³/mol. The summed E-state index contributed by atoms with van der Waals surface area (Å²) in [5.74, 6) is 0. The summed E-state index contributed by atoms with van der Waals surface area (Å²) in [7, 11) is 1.71. The fourth-order valence-electron chi connectivity index (χ4n) is 2.70. The SMILES string of the molecule is COCNCC(C)(C)c1c(C)[nH]c2ccccc12. The van der Waals surface area contributed by atoms with Crippen LogP contribution in [0.3, 0.4) is 0 Å². The fourth-order valence-corrected chi connectivity index (χ4v) is 2.70. The van der Waals surface area contributed by atoms with Crippen molar-refractivity contribution in [2.45, 2.75) is 26.2 Å². The molecule has 3 heteroatoms. The Morgan fingerprint density at radius 3 is 2.72 bits per heavy atom. The van der Waals surface area contributed by atoms with Crippen LogP contribution in [0.2, 0.25) is 0 Å². The molecule has 0 unspecified atom stereocenters.